The molecule has 0 N–H and O–H groups in total. The Morgan fingerprint density at radius 2 is 1.35 bits per heavy atom. The van der Waals surface area contributed by atoms with E-state index in [-0.39, 0.29) is 19.6 Å². The summed E-state index contributed by atoms with van der Waals surface area (Å²) in [4.78, 5) is 35.4. The Morgan fingerprint density at radius 1 is 0.941 bits per heavy atom. The first-order valence-corrected chi connectivity index (χ1v) is 5.82. The normalized spacial score (nSPS) is 10.8. The molecule has 0 saturated carbocycles. The van der Waals surface area contributed by atoms with Gasteiger partial charge in [-0.05, 0) is 27.2 Å². The van der Waals surface area contributed by atoms with Crippen LogP contribution in [0.25, 0.3) is 0 Å². The minimum Gasteiger partial charge on any atom is -0.465 e. The molecule has 0 atom stereocenters. The van der Waals surface area contributed by atoms with E-state index < -0.39 is 23.1 Å². The van der Waals surface area contributed by atoms with Gasteiger partial charge in [0, 0.05) is 6.42 Å². The van der Waals surface area contributed by atoms with Gasteiger partial charge < -0.3 is 9.47 Å². The van der Waals surface area contributed by atoms with Crippen molar-refractivity contribution in [1.29, 1.82) is 0 Å². The number of esters is 2. The monoisotopic (exact) mass is 244 g/mol. The van der Waals surface area contributed by atoms with E-state index >= 15 is 0 Å². The minimum atomic E-state index is -1.83. The molecular formula is C12H20O5. The van der Waals surface area contributed by atoms with Crippen LogP contribution in [0.1, 0.15) is 40.5 Å². The summed E-state index contributed by atoms with van der Waals surface area (Å²) in [6.07, 6.45) is 0.710. The zero-order valence-corrected chi connectivity index (χ0v) is 10.9. The van der Waals surface area contributed by atoms with Gasteiger partial charge in [-0.2, -0.15) is 0 Å². The van der Waals surface area contributed by atoms with Crippen molar-refractivity contribution in [2.45, 2.75) is 40.5 Å². The second-order valence-electron chi connectivity index (χ2n) is 3.74. The maximum atomic E-state index is 11.9. The van der Waals surface area contributed by atoms with E-state index in [0.717, 1.165) is 0 Å². The van der Waals surface area contributed by atoms with E-state index in [1.54, 1.807) is 20.8 Å². The van der Waals surface area contributed by atoms with Gasteiger partial charge in [0.1, 0.15) is 0 Å². The molecule has 0 spiro atoms. The van der Waals surface area contributed by atoms with Crippen molar-refractivity contribution in [3.05, 3.63) is 0 Å². The predicted octanol–water partition coefficient (Wildman–Crippen LogP) is 1.49. The lowest BCUT2D eigenvalue weighted by Gasteiger charge is -2.23. The van der Waals surface area contributed by atoms with Crippen LogP contribution in [0.3, 0.4) is 0 Å². The number of carbonyl (C=O) groups is 3. The molecule has 0 unspecified atom stereocenters. The van der Waals surface area contributed by atoms with Crippen LogP contribution in [0.2, 0.25) is 0 Å². The number of hydrogen-bond acceptors (Lipinski definition) is 5. The van der Waals surface area contributed by atoms with Gasteiger partial charge in [0.05, 0.1) is 13.2 Å². The van der Waals surface area contributed by atoms with Gasteiger partial charge in [-0.15, -0.1) is 0 Å². The summed E-state index contributed by atoms with van der Waals surface area (Å²) in [5.41, 5.74) is -1.83. The molecule has 5 heteroatoms. The van der Waals surface area contributed by atoms with Crippen LogP contribution in [0.4, 0.5) is 0 Å². The quantitative estimate of drug-likeness (QED) is 0.501. The van der Waals surface area contributed by atoms with Gasteiger partial charge in [0.2, 0.25) is 5.41 Å². The highest BCUT2D eigenvalue weighted by atomic mass is 16.6. The third-order valence-corrected chi connectivity index (χ3v) is 2.40. The maximum Gasteiger partial charge on any atom is 0.330 e. The zero-order chi connectivity index (χ0) is 13.5. The van der Waals surface area contributed by atoms with Crippen molar-refractivity contribution in [1.82, 2.24) is 0 Å². The van der Waals surface area contributed by atoms with Crippen LogP contribution < -0.4 is 0 Å². The van der Waals surface area contributed by atoms with E-state index in [2.05, 4.69) is 0 Å². The number of ketones is 1. The Balaban J connectivity index is 5.12. The standard InChI is InChI=1S/C12H20O5/c1-5-8-9(13)12(4,10(14)16-6-2)11(15)17-7-3/h5-8H2,1-4H3. The van der Waals surface area contributed by atoms with Crippen LogP contribution in [0.5, 0.6) is 0 Å². The predicted molar refractivity (Wildman–Crippen MR) is 61.3 cm³/mol. The molecule has 0 aromatic heterocycles. The number of hydrogen-bond donors (Lipinski definition) is 0. The molecule has 0 radical (unpaired) electrons. The Labute approximate surface area is 101 Å². The Kier molecular flexibility index (Phi) is 6.46. The molecule has 0 heterocycles. The lowest BCUT2D eigenvalue weighted by molar-refractivity contribution is -0.173. The summed E-state index contributed by atoms with van der Waals surface area (Å²) in [6, 6.07) is 0. The molecule has 0 aliphatic carbocycles. The molecule has 0 saturated heterocycles. The van der Waals surface area contributed by atoms with Gasteiger partial charge in [-0.1, -0.05) is 6.92 Å². The van der Waals surface area contributed by atoms with Crippen molar-refractivity contribution in [3.8, 4) is 0 Å². The van der Waals surface area contributed by atoms with Crippen molar-refractivity contribution in [3.63, 3.8) is 0 Å². The van der Waals surface area contributed by atoms with E-state index in [1.165, 1.54) is 6.92 Å². The lowest BCUT2D eigenvalue weighted by atomic mass is 9.83. The largest absolute Gasteiger partial charge is 0.465 e. The Bertz CT molecular complexity index is 250. The van der Waals surface area contributed by atoms with Gasteiger partial charge in [0.15, 0.2) is 5.78 Å². The average Bonchev–Trinajstić information content (AvgIpc) is 2.28. The molecule has 5 nitrogen and oxygen atoms in total. The smallest absolute Gasteiger partial charge is 0.330 e. The lowest BCUT2D eigenvalue weighted by Crippen LogP contribution is -2.46. The molecule has 0 aliphatic heterocycles. The van der Waals surface area contributed by atoms with Gasteiger partial charge in [-0.3, -0.25) is 14.4 Å². The number of Topliss-reactive ketones (excluding diaryl/α,β-unsaturated/α-hetero) is 1. The highest BCUT2D eigenvalue weighted by Gasteiger charge is 2.50. The van der Waals surface area contributed by atoms with E-state index in [1.807, 2.05) is 0 Å². The summed E-state index contributed by atoms with van der Waals surface area (Å²) in [5, 5.41) is 0. The third-order valence-electron chi connectivity index (χ3n) is 2.40. The molecule has 0 bridgehead atoms. The summed E-state index contributed by atoms with van der Waals surface area (Å²) in [5.74, 6) is -2.13. The van der Waals surface area contributed by atoms with Crippen LogP contribution in [-0.2, 0) is 23.9 Å². The molecule has 0 amide bonds. The van der Waals surface area contributed by atoms with E-state index in [9.17, 15) is 14.4 Å². The Morgan fingerprint density at radius 3 is 1.65 bits per heavy atom. The first kappa shape index (κ1) is 15.6. The first-order valence-electron chi connectivity index (χ1n) is 5.82. The van der Waals surface area contributed by atoms with Crippen LogP contribution in [0.15, 0.2) is 0 Å². The topological polar surface area (TPSA) is 69.7 Å². The fraction of sp³-hybridized carbons (Fsp3) is 0.750. The second-order valence-corrected chi connectivity index (χ2v) is 3.74. The van der Waals surface area contributed by atoms with E-state index in [0.29, 0.717) is 6.42 Å². The SMILES string of the molecule is CCCC(=O)C(C)(C(=O)OCC)C(=O)OCC. The van der Waals surface area contributed by atoms with E-state index in [4.69, 9.17) is 9.47 Å². The first-order chi connectivity index (χ1) is 7.94. The highest BCUT2D eigenvalue weighted by Crippen LogP contribution is 2.24. The maximum absolute atomic E-state index is 11.9. The van der Waals surface area contributed by atoms with Crippen LogP contribution in [-0.4, -0.2) is 30.9 Å². The van der Waals surface area contributed by atoms with Crippen LogP contribution >= 0.6 is 0 Å². The average molecular weight is 244 g/mol. The fourth-order valence-electron chi connectivity index (χ4n) is 1.34. The van der Waals surface area contributed by atoms with Crippen LogP contribution in [0, 0.1) is 5.41 Å². The molecule has 17 heavy (non-hydrogen) atoms. The molecule has 0 aliphatic rings. The number of carbonyl (C=O) groups excluding carboxylic acids is 3. The zero-order valence-electron chi connectivity index (χ0n) is 10.9. The second kappa shape index (κ2) is 7.04. The number of ether oxygens (including phenoxy) is 2. The van der Waals surface area contributed by atoms with Gasteiger partial charge in [0.25, 0.3) is 0 Å². The number of rotatable bonds is 7. The molecule has 0 fully saturated rings. The molecular weight excluding hydrogens is 224 g/mol. The molecule has 0 aromatic carbocycles. The third kappa shape index (κ3) is 3.54. The van der Waals surface area contributed by atoms with Gasteiger partial charge in [-0.25, -0.2) is 0 Å². The Hall–Kier alpha value is -1.39. The fourth-order valence-corrected chi connectivity index (χ4v) is 1.34. The summed E-state index contributed by atoms with van der Waals surface area (Å²) in [6.45, 7) is 6.54. The summed E-state index contributed by atoms with van der Waals surface area (Å²) >= 11 is 0. The molecule has 0 aromatic rings. The summed E-state index contributed by atoms with van der Waals surface area (Å²) in [7, 11) is 0. The minimum absolute atomic E-state index is 0.118. The van der Waals surface area contributed by atoms with Crippen molar-refractivity contribution >= 4 is 17.7 Å². The molecule has 98 valence electrons. The van der Waals surface area contributed by atoms with Crippen molar-refractivity contribution in [2.24, 2.45) is 5.41 Å². The molecule has 0 rings (SSSR count). The highest BCUT2D eigenvalue weighted by molar-refractivity contribution is 6.19. The van der Waals surface area contributed by atoms with Gasteiger partial charge >= 0.3 is 11.9 Å². The summed E-state index contributed by atoms with van der Waals surface area (Å²) < 4.78 is 9.56. The van der Waals surface area contributed by atoms with Crippen molar-refractivity contribution in [2.75, 3.05) is 13.2 Å². The van der Waals surface area contributed by atoms with Crippen molar-refractivity contribution < 1.29 is 23.9 Å².